The molecule has 2 heterocycles. The second kappa shape index (κ2) is 11.5. The fourth-order valence-corrected chi connectivity index (χ4v) is 9.36. The predicted octanol–water partition coefficient (Wildman–Crippen LogP) is 11.0. The van der Waals surface area contributed by atoms with Gasteiger partial charge in [-0.3, -0.25) is 4.57 Å². The minimum atomic E-state index is -0.508. The summed E-state index contributed by atoms with van der Waals surface area (Å²) in [6.07, 6.45) is 0. The number of hydrogen-bond acceptors (Lipinski definition) is 3. The number of fused-ring (bicyclic) bond motifs is 11. The predicted molar refractivity (Wildman–Crippen MR) is 224 cm³/mol. The lowest BCUT2D eigenvalue weighted by Crippen LogP contribution is -2.41. The Kier molecular flexibility index (Phi) is 6.78. The molecule has 7 aromatic carbocycles. The van der Waals surface area contributed by atoms with Crippen molar-refractivity contribution in [2.45, 2.75) is 44.3 Å². The van der Waals surface area contributed by atoms with Crippen molar-refractivity contribution in [3.05, 3.63) is 186 Å². The zero-order valence-electron chi connectivity index (χ0n) is 31.4. The van der Waals surface area contributed by atoms with Crippen LogP contribution < -0.4 is 5.46 Å². The molecule has 0 saturated carbocycles. The first-order valence-corrected chi connectivity index (χ1v) is 19.2. The maximum atomic E-state index is 6.63. The van der Waals surface area contributed by atoms with Gasteiger partial charge in [0.05, 0.1) is 27.7 Å². The van der Waals surface area contributed by atoms with Gasteiger partial charge in [0.25, 0.3) is 0 Å². The normalized spacial score (nSPS) is 16.6. The third kappa shape index (κ3) is 4.51. The maximum Gasteiger partial charge on any atom is 0.494 e. The number of aromatic nitrogens is 2. The van der Waals surface area contributed by atoms with Gasteiger partial charge < -0.3 is 9.31 Å². The van der Waals surface area contributed by atoms with Crippen LogP contribution in [0.25, 0.3) is 61.5 Å². The molecule has 1 aliphatic heterocycles. The van der Waals surface area contributed by atoms with Gasteiger partial charge in [0.15, 0.2) is 0 Å². The van der Waals surface area contributed by atoms with Crippen molar-refractivity contribution in [2.24, 2.45) is 0 Å². The molecular weight excluding hydrogens is 671 g/mol. The molecule has 11 rings (SSSR count). The Hall–Kier alpha value is -6.01. The number of rotatable bonds is 4. The van der Waals surface area contributed by atoms with Crippen LogP contribution in [0.1, 0.15) is 49.9 Å². The van der Waals surface area contributed by atoms with E-state index in [0.717, 1.165) is 39.1 Å². The topological polar surface area (TPSA) is 36.3 Å². The first-order chi connectivity index (χ1) is 26.7. The second-order valence-corrected chi connectivity index (χ2v) is 16.2. The summed E-state index contributed by atoms with van der Waals surface area (Å²) in [7, 11) is -0.457. The quantitative estimate of drug-likeness (QED) is 0.171. The molecule has 0 amide bonds. The van der Waals surface area contributed by atoms with Crippen LogP contribution in [-0.4, -0.2) is 27.9 Å². The van der Waals surface area contributed by atoms with Crippen LogP contribution in [0.4, 0.5) is 0 Å². The number of hydrogen-bond donors (Lipinski definition) is 0. The van der Waals surface area contributed by atoms with E-state index in [-0.39, 0.29) is 0 Å². The minimum Gasteiger partial charge on any atom is -0.399 e. The molecule has 2 aliphatic carbocycles. The van der Waals surface area contributed by atoms with Crippen molar-refractivity contribution in [2.75, 3.05) is 0 Å². The van der Waals surface area contributed by atoms with Crippen molar-refractivity contribution in [3.8, 4) is 50.5 Å². The summed E-state index contributed by atoms with van der Waals surface area (Å²) in [6.45, 7) is 8.48. The summed E-state index contributed by atoms with van der Waals surface area (Å²) >= 11 is 0. The largest absolute Gasteiger partial charge is 0.494 e. The van der Waals surface area contributed by atoms with E-state index < -0.39 is 23.7 Å². The van der Waals surface area contributed by atoms with Gasteiger partial charge in [-0.1, -0.05) is 127 Å². The van der Waals surface area contributed by atoms with E-state index in [1.165, 1.54) is 50.1 Å². The average molecular weight is 711 g/mol. The van der Waals surface area contributed by atoms with Crippen LogP contribution >= 0.6 is 0 Å². The van der Waals surface area contributed by atoms with E-state index in [9.17, 15) is 0 Å². The Morgan fingerprint density at radius 1 is 0.473 bits per heavy atom. The zero-order valence-corrected chi connectivity index (χ0v) is 31.4. The zero-order chi connectivity index (χ0) is 37.1. The van der Waals surface area contributed by atoms with Gasteiger partial charge in [-0.05, 0) is 125 Å². The van der Waals surface area contributed by atoms with Crippen LogP contribution in [0.5, 0.6) is 0 Å². The van der Waals surface area contributed by atoms with Gasteiger partial charge in [-0.15, -0.1) is 0 Å². The highest BCUT2D eigenvalue weighted by molar-refractivity contribution is 6.62. The second-order valence-electron chi connectivity index (χ2n) is 16.2. The van der Waals surface area contributed by atoms with Crippen molar-refractivity contribution in [1.29, 1.82) is 0 Å². The van der Waals surface area contributed by atoms with E-state index in [1.807, 2.05) is 0 Å². The molecular formula is C50H39BN2O2. The highest BCUT2D eigenvalue weighted by Gasteiger charge is 2.54. The smallest absolute Gasteiger partial charge is 0.399 e. The van der Waals surface area contributed by atoms with Crippen molar-refractivity contribution >= 4 is 23.6 Å². The molecule has 0 radical (unpaired) electrons. The minimum absolute atomic E-state index is 0.432. The highest BCUT2D eigenvalue weighted by atomic mass is 16.7. The molecule has 0 N–H and O–H groups in total. The average Bonchev–Trinajstić information content (AvgIpc) is 3.90. The molecule has 264 valence electrons. The molecule has 0 unspecified atom stereocenters. The van der Waals surface area contributed by atoms with Crippen molar-refractivity contribution < 1.29 is 9.31 Å². The van der Waals surface area contributed by atoms with Gasteiger partial charge in [0.1, 0.15) is 5.82 Å². The third-order valence-electron chi connectivity index (χ3n) is 12.7. The molecule has 1 spiro atoms. The lowest BCUT2D eigenvalue weighted by molar-refractivity contribution is 0.00578. The summed E-state index contributed by atoms with van der Waals surface area (Å²) in [5, 5.41) is 0. The molecule has 0 atom stereocenters. The Morgan fingerprint density at radius 2 is 1.04 bits per heavy atom. The van der Waals surface area contributed by atoms with Crippen LogP contribution in [0, 0.1) is 0 Å². The monoisotopic (exact) mass is 710 g/mol. The fraction of sp³-hybridized carbons (Fsp3) is 0.140. The summed E-state index contributed by atoms with van der Waals surface area (Å²) in [6, 6.07) is 59.6. The van der Waals surface area contributed by atoms with Crippen LogP contribution in [-0.2, 0) is 14.7 Å². The van der Waals surface area contributed by atoms with Gasteiger partial charge >= 0.3 is 7.12 Å². The van der Waals surface area contributed by atoms with Gasteiger partial charge in [0.2, 0.25) is 0 Å². The van der Waals surface area contributed by atoms with E-state index >= 15 is 0 Å². The lowest BCUT2D eigenvalue weighted by atomic mass is 9.68. The Morgan fingerprint density at radius 3 is 1.76 bits per heavy atom. The Bertz CT molecular complexity index is 2790. The molecule has 1 fully saturated rings. The summed E-state index contributed by atoms with van der Waals surface area (Å²) in [5.74, 6) is 0.924. The Balaban J connectivity index is 1.11. The number of benzene rings is 7. The summed E-state index contributed by atoms with van der Waals surface area (Å²) in [4.78, 5) is 5.19. The van der Waals surface area contributed by atoms with Gasteiger partial charge in [-0.2, -0.15) is 0 Å². The number of imidazole rings is 1. The van der Waals surface area contributed by atoms with Crippen molar-refractivity contribution in [1.82, 2.24) is 9.55 Å². The summed E-state index contributed by atoms with van der Waals surface area (Å²) in [5.41, 5.74) is 16.5. The van der Waals surface area contributed by atoms with Crippen LogP contribution in [0.2, 0.25) is 0 Å². The molecule has 5 heteroatoms. The summed E-state index contributed by atoms with van der Waals surface area (Å²) < 4.78 is 15.5. The first-order valence-electron chi connectivity index (χ1n) is 19.2. The van der Waals surface area contributed by atoms with E-state index in [2.05, 4.69) is 196 Å². The highest BCUT2D eigenvalue weighted by Crippen LogP contribution is 2.63. The Labute approximate surface area is 322 Å². The molecule has 8 aromatic rings. The van der Waals surface area contributed by atoms with Crippen molar-refractivity contribution in [3.63, 3.8) is 0 Å². The molecule has 1 saturated heterocycles. The number of nitrogens with zero attached hydrogens (tertiary/aromatic N) is 2. The molecule has 4 nitrogen and oxygen atoms in total. The first kappa shape index (κ1) is 32.4. The van der Waals surface area contributed by atoms with Crippen LogP contribution in [0.3, 0.4) is 0 Å². The van der Waals surface area contributed by atoms with Crippen LogP contribution in [0.15, 0.2) is 164 Å². The standard InChI is InChI=1S/C50H39BN2O2/c1-48(2)49(3,4)55-51(54-48)35-26-28-40-39-27-25-33(30-43(39)50(44(40)31-35)41-21-10-8-19-37(41)38-20-9-11-22-42(38)50)32-15-14-16-34(29-32)47-52-45-23-12-13-24-46(45)53(47)36-17-6-5-7-18-36/h5-31H,1-4H3. The molecule has 0 bridgehead atoms. The molecule has 1 aromatic heterocycles. The maximum absolute atomic E-state index is 6.63. The fourth-order valence-electron chi connectivity index (χ4n) is 9.36. The SMILES string of the molecule is CC1(C)OB(c2ccc3c(c2)C2(c4ccccc4-c4ccccc42)c2cc(-c4cccc(-c5nc6ccccc6n5-c5ccccc5)c4)ccc2-3)OC1(C)C. The van der Waals surface area contributed by atoms with Gasteiger partial charge in [0, 0.05) is 11.3 Å². The van der Waals surface area contributed by atoms with E-state index in [1.54, 1.807) is 0 Å². The van der Waals surface area contributed by atoms with E-state index in [0.29, 0.717) is 0 Å². The van der Waals surface area contributed by atoms with E-state index in [4.69, 9.17) is 14.3 Å². The number of para-hydroxylation sites is 3. The third-order valence-corrected chi connectivity index (χ3v) is 12.7. The molecule has 3 aliphatic rings. The lowest BCUT2D eigenvalue weighted by Gasteiger charge is -2.32. The van der Waals surface area contributed by atoms with Gasteiger partial charge in [-0.25, -0.2) is 4.98 Å². The molecule has 55 heavy (non-hydrogen) atoms.